The molecule has 2 heterocycles. The number of hydrogen-bond acceptors (Lipinski definition) is 3. The SMILES string of the molecule is CC(C)(C)[C@@H](Cn1cccn1)NC(=S)NC[C@H]1CCCO1. The third-order valence-corrected chi connectivity index (χ3v) is 4.06. The van der Waals surface area contributed by atoms with Gasteiger partial charge in [-0.15, -0.1) is 0 Å². The monoisotopic (exact) mass is 310 g/mol. The summed E-state index contributed by atoms with van der Waals surface area (Å²) in [4.78, 5) is 0. The van der Waals surface area contributed by atoms with Crippen molar-refractivity contribution in [2.24, 2.45) is 5.41 Å². The van der Waals surface area contributed by atoms with E-state index in [1.165, 1.54) is 0 Å². The van der Waals surface area contributed by atoms with Gasteiger partial charge in [0.15, 0.2) is 5.11 Å². The van der Waals surface area contributed by atoms with E-state index in [1.54, 1.807) is 6.20 Å². The van der Waals surface area contributed by atoms with Crippen LogP contribution in [0.1, 0.15) is 33.6 Å². The van der Waals surface area contributed by atoms with Gasteiger partial charge in [-0.2, -0.15) is 5.10 Å². The first-order valence-electron chi connectivity index (χ1n) is 7.58. The summed E-state index contributed by atoms with van der Waals surface area (Å²) in [7, 11) is 0. The molecular weight excluding hydrogens is 284 g/mol. The van der Waals surface area contributed by atoms with Crippen LogP contribution in [0, 0.1) is 5.41 Å². The molecule has 118 valence electrons. The quantitative estimate of drug-likeness (QED) is 0.814. The topological polar surface area (TPSA) is 51.1 Å². The molecule has 2 N–H and O–H groups in total. The summed E-state index contributed by atoms with van der Waals surface area (Å²) >= 11 is 5.42. The first-order chi connectivity index (χ1) is 9.95. The van der Waals surface area contributed by atoms with Crippen LogP contribution in [0.5, 0.6) is 0 Å². The molecule has 5 nitrogen and oxygen atoms in total. The molecule has 1 saturated heterocycles. The zero-order chi connectivity index (χ0) is 15.3. The lowest BCUT2D eigenvalue weighted by Gasteiger charge is -2.32. The number of ether oxygens (including phenoxy) is 1. The number of thiocarbonyl (C=S) groups is 1. The van der Waals surface area contributed by atoms with Crippen LogP contribution in [-0.2, 0) is 11.3 Å². The van der Waals surface area contributed by atoms with Crippen molar-refractivity contribution in [1.29, 1.82) is 0 Å². The fourth-order valence-corrected chi connectivity index (χ4v) is 2.58. The molecule has 1 fully saturated rings. The second-order valence-electron chi connectivity index (χ2n) is 6.64. The minimum absolute atomic E-state index is 0.0849. The van der Waals surface area contributed by atoms with Crippen LogP contribution in [0.15, 0.2) is 18.5 Å². The molecule has 2 rings (SSSR count). The van der Waals surface area contributed by atoms with E-state index in [1.807, 2.05) is 16.9 Å². The fraction of sp³-hybridized carbons (Fsp3) is 0.733. The van der Waals surface area contributed by atoms with Gasteiger partial charge in [0.25, 0.3) is 0 Å². The van der Waals surface area contributed by atoms with Crippen LogP contribution in [0.25, 0.3) is 0 Å². The Balaban J connectivity index is 1.84. The van der Waals surface area contributed by atoms with Gasteiger partial charge in [0, 0.05) is 25.5 Å². The maximum Gasteiger partial charge on any atom is 0.166 e. The summed E-state index contributed by atoms with van der Waals surface area (Å²) in [5.41, 5.74) is 0.0849. The van der Waals surface area contributed by atoms with Crippen molar-refractivity contribution in [1.82, 2.24) is 20.4 Å². The Kier molecular flexibility index (Phi) is 5.58. The summed E-state index contributed by atoms with van der Waals surface area (Å²) in [6.07, 6.45) is 6.34. The molecule has 1 aromatic rings. The zero-order valence-electron chi connectivity index (χ0n) is 13.1. The summed E-state index contributed by atoms with van der Waals surface area (Å²) in [6, 6.07) is 2.15. The average molecular weight is 310 g/mol. The standard InChI is InChI=1S/C15H26N4OS/c1-15(2,3)13(11-19-8-5-7-17-19)18-14(21)16-10-12-6-4-9-20-12/h5,7-8,12-13H,4,6,9-11H2,1-3H3,(H2,16,18,21)/t12-,13-/m1/s1. The van der Waals surface area contributed by atoms with Crippen molar-refractivity contribution in [3.8, 4) is 0 Å². The lowest BCUT2D eigenvalue weighted by molar-refractivity contribution is 0.113. The molecule has 1 aliphatic rings. The molecule has 0 aliphatic carbocycles. The first kappa shape index (κ1) is 16.2. The van der Waals surface area contributed by atoms with Crippen molar-refractivity contribution < 1.29 is 4.74 Å². The van der Waals surface area contributed by atoms with Crippen LogP contribution >= 0.6 is 12.2 Å². The van der Waals surface area contributed by atoms with E-state index in [-0.39, 0.29) is 11.5 Å². The highest BCUT2D eigenvalue weighted by Crippen LogP contribution is 2.20. The van der Waals surface area contributed by atoms with Gasteiger partial charge >= 0.3 is 0 Å². The van der Waals surface area contributed by atoms with E-state index in [9.17, 15) is 0 Å². The Hall–Kier alpha value is -1.14. The van der Waals surface area contributed by atoms with Crippen LogP contribution in [0.4, 0.5) is 0 Å². The highest BCUT2D eigenvalue weighted by atomic mass is 32.1. The van der Waals surface area contributed by atoms with Gasteiger partial charge in [-0.25, -0.2) is 0 Å². The molecular formula is C15H26N4OS. The predicted molar refractivity (Wildman–Crippen MR) is 88.2 cm³/mol. The third kappa shape index (κ3) is 5.28. The minimum atomic E-state index is 0.0849. The van der Waals surface area contributed by atoms with Crippen LogP contribution < -0.4 is 10.6 Å². The summed E-state index contributed by atoms with van der Waals surface area (Å²) in [5.74, 6) is 0. The van der Waals surface area contributed by atoms with Gasteiger partial charge in [0.2, 0.25) is 0 Å². The number of nitrogens with one attached hydrogen (secondary N) is 2. The molecule has 0 unspecified atom stereocenters. The first-order valence-corrected chi connectivity index (χ1v) is 7.99. The number of nitrogens with zero attached hydrogens (tertiary/aromatic N) is 2. The van der Waals surface area contributed by atoms with Crippen molar-refractivity contribution in [2.75, 3.05) is 13.2 Å². The molecule has 2 atom stereocenters. The molecule has 0 radical (unpaired) electrons. The zero-order valence-corrected chi connectivity index (χ0v) is 13.9. The smallest absolute Gasteiger partial charge is 0.166 e. The molecule has 0 saturated carbocycles. The van der Waals surface area contributed by atoms with Crippen molar-refractivity contribution in [3.05, 3.63) is 18.5 Å². The van der Waals surface area contributed by atoms with Crippen molar-refractivity contribution in [2.45, 2.75) is 52.3 Å². The second kappa shape index (κ2) is 7.22. The Morgan fingerprint density at radius 2 is 2.33 bits per heavy atom. The molecule has 0 aromatic carbocycles. The van der Waals surface area contributed by atoms with Gasteiger partial charge in [0.1, 0.15) is 0 Å². The second-order valence-corrected chi connectivity index (χ2v) is 7.04. The Bertz CT molecular complexity index is 435. The maximum atomic E-state index is 5.60. The van der Waals surface area contributed by atoms with Gasteiger partial charge in [0.05, 0.1) is 18.7 Å². The number of aromatic nitrogens is 2. The molecule has 6 heteroatoms. The number of hydrogen-bond donors (Lipinski definition) is 2. The molecule has 1 aliphatic heterocycles. The molecule has 0 bridgehead atoms. The van der Waals surface area contributed by atoms with E-state index in [2.05, 4.69) is 36.5 Å². The Morgan fingerprint density at radius 1 is 1.52 bits per heavy atom. The Morgan fingerprint density at radius 3 is 2.90 bits per heavy atom. The van der Waals surface area contributed by atoms with Crippen LogP contribution in [0.3, 0.4) is 0 Å². The number of rotatable bonds is 5. The summed E-state index contributed by atoms with van der Waals surface area (Å²) < 4.78 is 7.53. The van der Waals surface area contributed by atoms with Crippen LogP contribution in [0.2, 0.25) is 0 Å². The van der Waals surface area contributed by atoms with E-state index in [4.69, 9.17) is 17.0 Å². The minimum Gasteiger partial charge on any atom is -0.376 e. The van der Waals surface area contributed by atoms with E-state index >= 15 is 0 Å². The van der Waals surface area contributed by atoms with Gasteiger partial charge in [-0.3, -0.25) is 4.68 Å². The Labute approximate surface area is 132 Å². The normalized spacial score (nSPS) is 20.2. The van der Waals surface area contributed by atoms with Gasteiger partial charge < -0.3 is 15.4 Å². The average Bonchev–Trinajstić information content (AvgIpc) is 3.07. The van der Waals surface area contributed by atoms with Gasteiger partial charge in [-0.05, 0) is 36.5 Å². The van der Waals surface area contributed by atoms with E-state index in [0.29, 0.717) is 11.2 Å². The van der Waals surface area contributed by atoms with E-state index in [0.717, 1.165) is 32.5 Å². The lowest BCUT2D eigenvalue weighted by atomic mass is 9.87. The molecule has 1 aromatic heterocycles. The predicted octanol–water partition coefficient (Wildman–Crippen LogP) is 1.94. The van der Waals surface area contributed by atoms with Crippen LogP contribution in [-0.4, -0.2) is 40.2 Å². The van der Waals surface area contributed by atoms with E-state index < -0.39 is 0 Å². The molecule has 21 heavy (non-hydrogen) atoms. The summed E-state index contributed by atoms with van der Waals surface area (Å²) in [5, 5.41) is 11.7. The van der Waals surface area contributed by atoms with Crippen molar-refractivity contribution >= 4 is 17.3 Å². The van der Waals surface area contributed by atoms with Crippen molar-refractivity contribution in [3.63, 3.8) is 0 Å². The third-order valence-electron chi connectivity index (χ3n) is 3.79. The van der Waals surface area contributed by atoms with Gasteiger partial charge in [-0.1, -0.05) is 20.8 Å². The molecule has 0 spiro atoms. The fourth-order valence-electron chi connectivity index (χ4n) is 2.35. The summed E-state index contributed by atoms with van der Waals surface area (Å²) in [6.45, 7) is 9.06. The largest absolute Gasteiger partial charge is 0.376 e. The lowest BCUT2D eigenvalue weighted by Crippen LogP contribution is -2.51. The highest BCUT2D eigenvalue weighted by Gasteiger charge is 2.26. The maximum absolute atomic E-state index is 5.60. The highest BCUT2D eigenvalue weighted by molar-refractivity contribution is 7.80. The molecule has 0 amide bonds.